The van der Waals surface area contributed by atoms with E-state index in [2.05, 4.69) is 18.8 Å². The third-order valence-electron chi connectivity index (χ3n) is 7.55. The van der Waals surface area contributed by atoms with Crippen LogP contribution in [0.3, 0.4) is 0 Å². The van der Waals surface area contributed by atoms with Gasteiger partial charge in [0.2, 0.25) is 12.7 Å². The van der Waals surface area contributed by atoms with E-state index in [1.807, 2.05) is 6.92 Å². The summed E-state index contributed by atoms with van der Waals surface area (Å²) in [6.45, 7) is 6.75. The number of fused-ring (bicyclic) bond motifs is 2. The van der Waals surface area contributed by atoms with Crippen molar-refractivity contribution >= 4 is 49.6 Å². The maximum Gasteiger partial charge on any atom is 0.511 e. The molecule has 12 nitrogen and oxygen atoms in total. The van der Waals surface area contributed by atoms with Gasteiger partial charge < -0.3 is 24.2 Å². The number of ether oxygens (including phenoxy) is 3. The van der Waals surface area contributed by atoms with E-state index in [4.69, 9.17) is 14.2 Å². The molecule has 1 saturated heterocycles. The van der Waals surface area contributed by atoms with Crippen molar-refractivity contribution < 1.29 is 42.1 Å². The fourth-order valence-electron chi connectivity index (χ4n) is 5.54. The third-order valence-corrected chi connectivity index (χ3v) is 9.82. The number of rotatable bonds is 13. The summed E-state index contributed by atoms with van der Waals surface area (Å²) in [6, 6.07) is -0.488. The Labute approximate surface area is 243 Å². The second kappa shape index (κ2) is 12.5. The number of aromatic nitrogens is 2. The first-order valence-corrected chi connectivity index (χ1v) is 16.5. The number of carbonyl (C=O) groups is 3. The Kier molecular flexibility index (Phi) is 9.44. The number of imidazole rings is 1. The molecule has 0 saturated carbocycles. The van der Waals surface area contributed by atoms with Crippen LogP contribution in [0.2, 0.25) is 0 Å². The first-order valence-electron chi connectivity index (χ1n) is 13.8. The maximum atomic E-state index is 13.4. The number of amides is 1. The van der Waals surface area contributed by atoms with Gasteiger partial charge in [0.05, 0.1) is 22.9 Å². The highest BCUT2D eigenvalue weighted by Crippen LogP contribution is 2.51. The summed E-state index contributed by atoms with van der Waals surface area (Å²) in [7, 11) is -3.60. The molecule has 0 radical (unpaired) electrons. The van der Waals surface area contributed by atoms with Crippen LogP contribution in [0, 0.1) is 11.8 Å². The van der Waals surface area contributed by atoms with E-state index in [0.717, 1.165) is 43.3 Å². The van der Waals surface area contributed by atoms with Crippen LogP contribution in [-0.4, -0.2) is 77.1 Å². The Morgan fingerprint density at radius 1 is 1.17 bits per heavy atom. The molecule has 2 aromatic heterocycles. The van der Waals surface area contributed by atoms with Crippen LogP contribution in [-0.2, 0) is 33.6 Å². The van der Waals surface area contributed by atoms with Gasteiger partial charge in [-0.15, -0.1) is 11.3 Å². The lowest BCUT2D eigenvalue weighted by atomic mass is 9.77. The summed E-state index contributed by atoms with van der Waals surface area (Å²) >= 11 is 1.12. The van der Waals surface area contributed by atoms with E-state index < -0.39 is 52.7 Å². The molecule has 0 aliphatic carbocycles. The lowest BCUT2D eigenvalue weighted by Gasteiger charge is -2.46. The number of nitrogens with zero attached hydrogens (tertiary/aromatic N) is 3. The molecular weight excluding hydrogens is 574 g/mol. The molecule has 4 rings (SSSR count). The molecule has 226 valence electrons. The average molecular weight is 612 g/mol. The molecule has 1 fully saturated rings. The predicted octanol–water partition coefficient (Wildman–Crippen LogP) is 3.77. The van der Waals surface area contributed by atoms with Gasteiger partial charge in [0.25, 0.3) is 0 Å². The Morgan fingerprint density at radius 3 is 2.41 bits per heavy atom. The van der Waals surface area contributed by atoms with E-state index in [-0.39, 0.29) is 22.7 Å². The van der Waals surface area contributed by atoms with Crippen LogP contribution in [0.15, 0.2) is 23.2 Å². The highest BCUT2D eigenvalue weighted by Gasteiger charge is 2.60. The number of aliphatic hydroxyl groups excluding tert-OH is 1. The van der Waals surface area contributed by atoms with E-state index in [1.54, 1.807) is 10.6 Å². The third kappa shape index (κ3) is 6.14. The summed E-state index contributed by atoms with van der Waals surface area (Å²) < 4.78 is 41.7. The van der Waals surface area contributed by atoms with Crippen LogP contribution in [0.4, 0.5) is 4.79 Å². The SMILES string of the molecule is CCCCC(CCCC)OC(=O)OCOC(=O)C1=C(c2cn3cnc(S(C)(=O)=O)c3s2)[C@H](C)[C@@H]2[C@@H]([C@@H](C)O)C(=O)N12. The molecule has 1 amide bonds. The Hall–Kier alpha value is -2.97. The molecule has 2 aromatic rings. The largest absolute Gasteiger partial charge is 0.511 e. The number of esters is 1. The van der Waals surface area contributed by atoms with Crippen LogP contribution >= 0.6 is 11.3 Å². The Balaban J connectivity index is 1.55. The first kappa shape index (κ1) is 31.0. The zero-order valence-electron chi connectivity index (χ0n) is 23.9. The van der Waals surface area contributed by atoms with Crippen molar-refractivity contribution in [2.24, 2.45) is 11.8 Å². The van der Waals surface area contributed by atoms with Gasteiger partial charge in [-0.25, -0.2) is 23.0 Å². The minimum atomic E-state index is -3.60. The Morgan fingerprint density at radius 2 is 1.83 bits per heavy atom. The quantitative estimate of drug-likeness (QED) is 0.201. The maximum absolute atomic E-state index is 13.4. The van der Waals surface area contributed by atoms with Crippen molar-refractivity contribution in [1.82, 2.24) is 14.3 Å². The molecule has 0 bridgehead atoms. The topological polar surface area (TPSA) is 154 Å². The molecule has 2 aliphatic rings. The number of hydrogen-bond donors (Lipinski definition) is 1. The van der Waals surface area contributed by atoms with Gasteiger partial charge in [0, 0.05) is 23.9 Å². The number of β-lactam (4-membered cyclic amide) rings is 1. The van der Waals surface area contributed by atoms with Gasteiger partial charge in [-0.3, -0.25) is 9.20 Å². The minimum absolute atomic E-state index is 0.0245. The van der Waals surface area contributed by atoms with Crippen molar-refractivity contribution in [3.63, 3.8) is 0 Å². The molecule has 1 N–H and O–H groups in total. The Bertz CT molecular complexity index is 1430. The van der Waals surface area contributed by atoms with Crippen molar-refractivity contribution in [3.8, 4) is 0 Å². The molecule has 4 atom stereocenters. The summed E-state index contributed by atoms with van der Waals surface area (Å²) in [5, 5.41) is 10.2. The highest BCUT2D eigenvalue weighted by molar-refractivity contribution is 7.91. The second-order valence-corrected chi connectivity index (χ2v) is 13.6. The van der Waals surface area contributed by atoms with Gasteiger partial charge in [0.15, 0.2) is 14.9 Å². The minimum Gasteiger partial charge on any atom is -0.431 e. The molecule has 0 unspecified atom stereocenters. The second-order valence-electron chi connectivity index (χ2n) is 10.6. The average Bonchev–Trinajstić information content (AvgIpc) is 3.54. The normalized spacial score (nSPS) is 21.3. The number of sulfone groups is 1. The summed E-state index contributed by atoms with van der Waals surface area (Å²) in [5.74, 6) is -2.39. The van der Waals surface area contributed by atoms with Crippen LogP contribution in [0.1, 0.15) is 71.1 Å². The van der Waals surface area contributed by atoms with Crippen molar-refractivity contribution in [3.05, 3.63) is 23.1 Å². The van der Waals surface area contributed by atoms with Crippen LogP contribution < -0.4 is 0 Å². The smallest absolute Gasteiger partial charge is 0.431 e. The van der Waals surface area contributed by atoms with Gasteiger partial charge in [-0.1, -0.05) is 46.5 Å². The van der Waals surface area contributed by atoms with E-state index >= 15 is 0 Å². The molecule has 0 spiro atoms. The fraction of sp³-hybridized carbons (Fsp3) is 0.630. The predicted molar refractivity (Wildman–Crippen MR) is 149 cm³/mol. The molecule has 14 heteroatoms. The van der Waals surface area contributed by atoms with Crippen LogP contribution in [0.25, 0.3) is 10.4 Å². The van der Waals surface area contributed by atoms with Crippen molar-refractivity contribution in [2.45, 2.75) is 89.5 Å². The van der Waals surface area contributed by atoms with Gasteiger partial charge in [0.1, 0.15) is 23.0 Å². The first-order chi connectivity index (χ1) is 19.4. The number of hydrogen-bond acceptors (Lipinski definition) is 11. The van der Waals surface area contributed by atoms with Crippen molar-refractivity contribution in [2.75, 3.05) is 13.0 Å². The monoisotopic (exact) mass is 611 g/mol. The lowest BCUT2D eigenvalue weighted by Crippen LogP contribution is -2.63. The summed E-state index contributed by atoms with van der Waals surface area (Å²) in [4.78, 5) is 44.9. The zero-order chi connectivity index (χ0) is 30.1. The molecular formula is C27H37N3O9S2. The zero-order valence-corrected chi connectivity index (χ0v) is 25.5. The van der Waals surface area contributed by atoms with Gasteiger partial charge >= 0.3 is 12.1 Å². The number of carbonyl (C=O) groups excluding carboxylic acids is 3. The number of thiazole rings is 1. The number of unbranched alkanes of at least 4 members (excludes halogenated alkanes) is 2. The molecule has 2 aliphatic heterocycles. The van der Waals surface area contributed by atoms with E-state index in [9.17, 15) is 27.9 Å². The molecule has 4 heterocycles. The standard InChI is InChI=1S/C27H37N3O9S2/c1-6-8-10-17(11-9-7-2)39-27(34)38-14-37-26(33)22-19(15(3)21-20(16(4)31)24(32)30(21)22)18-12-29-13-28-23(25(29)40-18)41(5,35)36/h12-13,15-17,20-21,31H,6-11,14H2,1-5H3/t15-,16+,20+,21+/m0/s1. The van der Waals surface area contributed by atoms with E-state index in [1.165, 1.54) is 18.2 Å². The number of aliphatic hydroxyl groups is 1. The summed E-state index contributed by atoms with van der Waals surface area (Å²) in [6.07, 6.45) is 7.10. The summed E-state index contributed by atoms with van der Waals surface area (Å²) in [5.41, 5.74) is 0.454. The molecule has 0 aromatic carbocycles. The van der Waals surface area contributed by atoms with Gasteiger partial charge in [-0.05, 0) is 19.8 Å². The van der Waals surface area contributed by atoms with Crippen LogP contribution in [0.5, 0.6) is 0 Å². The van der Waals surface area contributed by atoms with Crippen molar-refractivity contribution in [1.29, 1.82) is 0 Å². The molecule has 41 heavy (non-hydrogen) atoms. The lowest BCUT2D eigenvalue weighted by molar-refractivity contribution is -0.167. The van der Waals surface area contributed by atoms with E-state index in [0.29, 0.717) is 28.1 Å². The fourth-order valence-corrected chi connectivity index (χ4v) is 7.89. The van der Waals surface area contributed by atoms with Gasteiger partial charge in [-0.2, -0.15) is 0 Å². The highest BCUT2D eigenvalue weighted by atomic mass is 32.2.